The van der Waals surface area contributed by atoms with Gasteiger partial charge in [-0.2, -0.15) is 5.10 Å². The van der Waals surface area contributed by atoms with Gasteiger partial charge in [-0.1, -0.05) is 17.8 Å². The van der Waals surface area contributed by atoms with Gasteiger partial charge in [0.15, 0.2) is 0 Å². The number of amides is 2. The maximum absolute atomic E-state index is 11.5. The van der Waals surface area contributed by atoms with Gasteiger partial charge in [0.1, 0.15) is 0 Å². The molecule has 2 aliphatic heterocycles. The number of hydrazone groups is 1. The largest absolute Gasteiger partial charge is 0.326 e. The predicted molar refractivity (Wildman–Crippen MR) is 80.1 cm³/mol. The van der Waals surface area contributed by atoms with Crippen LogP contribution in [-0.2, 0) is 11.2 Å². The lowest BCUT2D eigenvalue weighted by Crippen LogP contribution is -2.29. The van der Waals surface area contributed by atoms with Crippen molar-refractivity contribution >= 4 is 34.3 Å². The molecule has 0 radical (unpaired) electrons. The molecule has 1 aromatic rings. The van der Waals surface area contributed by atoms with Crippen molar-refractivity contribution in [2.75, 3.05) is 5.32 Å². The average Bonchev–Trinajstić information content (AvgIpc) is 2.58. The highest BCUT2D eigenvalue weighted by atomic mass is 32.2. The highest BCUT2D eigenvalue weighted by Crippen LogP contribution is 2.27. The second kappa shape index (κ2) is 5.28. The van der Waals surface area contributed by atoms with E-state index in [0.717, 1.165) is 35.4 Å². The van der Waals surface area contributed by atoms with E-state index in [1.807, 2.05) is 19.1 Å². The molecule has 2 heterocycles. The monoisotopic (exact) mass is 289 g/mol. The van der Waals surface area contributed by atoms with Crippen molar-refractivity contribution in [3.63, 3.8) is 0 Å². The highest BCUT2D eigenvalue weighted by molar-refractivity contribution is 8.14. The zero-order valence-corrected chi connectivity index (χ0v) is 11.9. The molecule has 0 saturated carbocycles. The fraction of sp³-hybridized carbons (Fsp3) is 0.357. The first-order valence-electron chi connectivity index (χ1n) is 6.61. The summed E-state index contributed by atoms with van der Waals surface area (Å²) < 4.78 is 0. The number of carbonyl (C=O) groups is 2. The first kappa shape index (κ1) is 13.2. The molecule has 2 N–H and O–H groups in total. The number of hydrogen-bond acceptors (Lipinski definition) is 4. The van der Waals surface area contributed by atoms with Crippen LogP contribution in [0.5, 0.6) is 0 Å². The van der Waals surface area contributed by atoms with Crippen LogP contribution < -0.4 is 10.7 Å². The molecule has 6 heteroatoms. The summed E-state index contributed by atoms with van der Waals surface area (Å²) >= 11 is 1.24. The minimum atomic E-state index is -0.122. The Hall–Kier alpha value is -1.82. The van der Waals surface area contributed by atoms with Gasteiger partial charge < -0.3 is 5.32 Å². The van der Waals surface area contributed by atoms with Gasteiger partial charge in [-0.3, -0.25) is 9.59 Å². The lowest BCUT2D eigenvalue weighted by atomic mass is 10.0. The third kappa shape index (κ3) is 2.56. The Labute approximate surface area is 121 Å². The van der Waals surface area contributed by atoms with E-state index in [9.17, 15) is 9.59 Å². The van der Waals surface area contributed by atoms with Crippen LogP contribution in [-0.4, -0.2) is 22.1 Å². The number of aryl methyl sites for hydroxylation is 1. The van der Waals surface area contributed by atoms with E-state index in [-0.39, 0.29) is 16.4 Å². The predicted octanol–water partition coefficient (Wildman–Crippen LogP) is 2.51. The molecule has 0 aliphatic carbocycles. The van der Waals surface area contributed by atoms with Crippen LogP contribution in [0.4, 0.5) is 10.5 Å². The topological polar surface area (TPSA) is 70.6 Å². The van der Waals surface area contributed by atoms with Gasteiger partial charge in [0.2, 0.25) is 5.91 Å². The summed E-state index contributed by atoms with van der Waals surface area (Å²) in [6.07, 6.45) is 2.30. The third-order valence-electron chi connectivity index (χ3n) is 3.46. The Bertz CT molecular complexity index is 612. The standard InChI is InChI=1S/C14H15N3O2S/c1-8-13(16-17-14(19)20-8)10-5-6-11-9(7-10)3-2-4-12(18)15-11/h5-8H,2-4H2,1H3,(H,15,18)(H,17,19). The molecule has 0 aromatic heterocycles. The SMILES string of the molecule is CC1SC(=O)NN=C1c1ccc2c(c1)CCCC(=O)N2. The number of hydrogen-bond donors (Lipinski definition) is 2. The van der Waals surface area contributed by atoms with Gasteiger partial charge in [-0.15, -0.1) is 0 Å². The third-order valence-corrected chi connectivity index (χ3v) is 4.34. The molecule has 2 aliphatic rings. The summed E-state index contributed by atoms with van der Waals surface area (Å²) in [5.41, 5.74) is 6.39. The number of fused-ring (bicyclic) bond motifs is 1. The van der Waals surface area contributed by atoms with Gasteiger partial charge in [0, 0.05) is 12.1 Å². The molecule has 1 aromatic carbocycles. The molecule has 0 saturated heterocycles. The number of thioether (sulfide) groups is 1. The van der Waals surface area contributed by atoms with Crippen LogP contribution in [0, 0.1) is 0 Å². The smallest absolute Gasteiger partial charge is 0.299 e. The number of nitrogens with zero attached hydrogens (tertiary/aromatic N) is 1. The lowest BCUT2D eigenvalue weighted by molar-refractivity contribution is -0.116. The molecule has 0 bridgehead atoms. The molecule has 0 spiro atoms. The number of anilines is 1. The molecule has 104 valence electrons. The van der Waals surface area contributed by atoms with Crippen LogP contribution in [0.15, 0.2) is 23.3 Å². The molecule has 0 fully saturated rings. The van der Waals surface area contributed by atoms with Gasteiger partial charge in [0.25, 0.3) is 5.24 Å². The molecule has 3 rings (SSSR count). The first-order valence-corrected chi connectivity index (χ1v) is 7.49. The van der Waals surface area contributed by atoms with Crippen molar-refractivity contribution in [2.24, 2.45) is 5.10 Å². The molecule has 5 nitrogen and oxygen atoms in total. The van der Waals surface area contributed by atoms with Crippen LogP contribution in [0.2, 0.25) is 0 Å². The molecule has 1 atom stereocenters. The lowest BCUT2D eigenvalue weighted by Gasteiger charge is -2.19. The molecule has 20 heavy (non-hydrogen) atoms. The van der Waals surface area contributed by atoms with E-state index in [2.05, 4.69) is 21.9 Å². The summed E-state index contributed by atoms with van der Waals surface area (Å²) in [5, 5.41) is 6.98. The van der Waals surface area contributed by atoms with E-state index in [4.69, 9.17) is 0 Å². The zero-order chi connectivity index (χ0) is 14.1. The Morgan fingerprint density at radius 2 is 2.15 bits per heavy atom. The van der Waals surface area contributed by atoms with Gasteiger partial charge in [-0.05, 0) is 43.0 Å². The van der Waals surface area contributed by atoms with Gasteiger partial charge in [-0.25, -0.2) is 5.43 Å². The number of rotatable bonds is 1. The van der Waals surface area contributed by atoms with E-state index >= 15 is 0 Å². The average molecular weight is 289 g/mol. The van der Waals surface area contributed by atoms with E-state index < -0.39 is 0 Å². The van der Waals surface area contributed by atoms with Crippen molar-refractivity contribution < 1.29 is 9.59 Å². The minimum Gasteiger partial charge on any atom is -0.326 e. The Morgan fingerprint density at radius 1 is 1.30 bits per heavy atom. The molecular weight excluding hydrogens is 274 g/mol. The molecule has 1 unspecified atom stereocenters. The summed E-state index contributed by atoms with van der Waals surface area (Å²) in [4.78, 5) is 22.8. The summed E-state index contributed by atoms with van der Waals surface area (Å²) in [7, 11) is 0. The van der Waals surface area contributed by atoms with Crippen LogP contribution in [0.3, 0.4) is 0 Å². The number of nitrogens with one attached hydrogen (secondary N) is 2. The quantitative estimate of drug-likeness (QED) is 0.834. The van der Waals surface area contributed by atoms with Crippen LogP contribution >= 0.6 is 11.8 Å². The molecule has 2 amide bonds. The second-order valence-corrected chi connectivity index (χ2v) is 6.24. The van der Waals surface area contributed by atoms with Gasteiger partial charge in [0.05, 0.1) is 11.0 Å². The van der Waals surface area contributed by atoms with Crippen molar-refractivity contribution in [1.29, 1.82) is 0 Å². The van der Waals surface area contributed by atoms with Crippen molar-refractivity contribution in [1.82, 2.24) is 5.43 Å². The first-order chi connectivity index (χ1) is 9.63. The number of carbonyl (C=O) groups excluding carboxylic acids is 2. The summed E-state index contributed by atoms with van der Waals surface area (Å²) in [6, 6.07) is 5.93. The Morgan fingerprint density at radius 3 is 2.95 bits per heavy atom. The molecular formula is C14H15N3O2S. The zero-order valence-electron chi connectivity index (χ0n) is 11.1. The summed E-state index contributed by atoms with van der Waals surface area (Å²) in [6.45, 7) is 1.97. The summed E-state index contributed by atoms with van der Waals surface area (Å²) in [5.74, 6) is 0.0719. The van der Waals surface area contributed by atoms with Crippen LogP contribution in [0.1, 0.15) is 30.9 Å². The Kier molecular flexibility index (Phi) is 3.48. The number of benzene rings is 1. The van der Waals surface area contributed by atoms with Crippen molar-refractivity contribution in [3.05, 3.63) is 29.3 Å². The fourth-order valence-corrected chi connectivity index (χ4v) is 3.19. The van der Waals surface area contributed by atoms with E-state index in [1.54, 1.807) is 0 Å². The maximum Gasteiger partial charge on any atom is 0.299 e. The van der Waals surface area contributed by atoms with E-state index in [1.165, 1.54) is 11.8 Å². The fourth-order valence-electron chi connectivity index (χ4n) is 2.47. The highest BCUT2D eigenvalue weighted by Gasteiger charge is 2.23. The van der Waals surface area contributed by atoms with Crippen LogP contribution in [0.25, 0.3) is 0 Å². The van der Waals surface area contributed by atoms with Crippen molar-refractivity contribution in [2.45, 2.75) is 31.4 Å². The van der Waals surface area contributed by atoms with E-state index in [0.29, 0.717) is 6.42 Å². The Balaban J connectivity index is 1.94. The minimum absolute atomic E-state index is 0.0298. The normalized spacial score (nSPS) is 22.2. The maximum atomic E-state index is 11.5. The van der Waals surface area contributed by atoms with Crippen molar-refractivity contribution in [3.8, 4) is 0 Å². The second-order valence-electron chi connectivity index (χ2n) is 4.93. The van der Waals surface area contributed by atoms with Gasteiger partial charge >= 0.3 is 0 Å².